The van der Waals surface area contributed by atoms with Gasteiger partial charge in [-0.15, -0.1) is 11.3 Å². The fraction of sp³-hybridized carbons (Fsp3) is 0.571. The second-order valence-corrected chi connectivity index (χ2v) is 10.6. The summed E-state index contributed by atoms with van der Waals surface area (Å²) in [6.07, 6.45) is 12.9. The first kappa shape index (κ1) is 23.8. The molecule has 3 N–H and O–H groups in total. The zero-order chi connectivity index (χ0) is 20.5. The number of carboxylic acids is 1. The van der Waals surface area contributed by atoms with Crippen LogP contribution in [0.15, 0.2) is 38.6 Å². The molecule has 28 heavy (non-hydrogen) atoms. The summed E-state index contributed by atoms with van der Waals surface area (Å²) >= 11 is 8.65. The largest absolute Gasteiger partial charge is 0.481 e. The maximum absolute atomic E-state index is 10.5. The lowest BCUT2D eigenvalue weighted by Gasteiger charge is -2.18. The maximum Gasteiger partial charge on any atom is 0.303 e. The van der Waals surface area contributed by atoms with Crippen LogP contribution in [0, 0.1) is 11.8 Å². The second kappa shape index (κ2) is 12.3. The van der Waals surface area contributed by atoms with Gasteiger partial charge >= 0.3 is 5.97 Å². The summed E-state index contributed by atoms with van der Waals surface area (Å²) in [6.45, 7) is 0. The Morgan fingerprint density at radius 3 is 2.79 bits per heavy atom. The summed E-state index contributed by atoms with van der Waals surface area (Å²) in [5, 5.41) is 29.2. The van der Waals surface area contributed by atoms with E-state index in [1.54, 1.807) is 11.3 Å². The Morgan fingerprint density at radius 2 is 2.11 bits per heavy atom. The standard InChI is InChI=1S/C21H28Br2O4S/c22-18-13-16(28-21(18)23)11-10-15(24)9-7-14-8-12-19(25)17(14)5-3-1-2-4-6-20(26)27/h1,3,7,9,13-15,17,19,24-25H,2,4-6,8,10-12H2,(H,26,27)/t14-,15+,17+,19?/m0/s1. The molecule has 1 unspecified atom stereocenters. The molecule has 1 aromatic heterocycles. The summed E-state index contributed by atoms with van der Waals surface area (Å²) in [4.78, 5) is 11.7. The number of carbonyl (C=O) groups is 1. The first-order chi connectivity index (χ1) is 13.4. The Labute approximate surface area is 187 Å². The molecule has 1 fully saturated rings. The summed E-state index contributed by atoms with van der Waals surface area (Å²) in [5.74, 6) is -0.315. The van der Waals surface area contributed by atoms with Crippen molar-refractivity contribution in [3.05, 3.63) is 43.5 Å². The van der Waals surface area contributed by atoms with Crippen LogP contribution in [0.5, 0.6) is 0 Å². The normalized spacial score (nSPS) is 23.8. The number of carboxylic acid groups (broad SMARTS) is 1. The molecule has 7 heteroatoms. The number of halogens is 2. The molecule has 0 aliphatic heterocycles. The van der Waals surface area contributed by atoms with Crippen LogP contribution in [0.25, 0.3) is 0 Å². The third-order valence-corrected chi connectivity index (χ3v) is 8.46. The van der Waals surface area contributed by atoms with E-state index in [0.717, 1.165) is 40.4 Å². The van der Waals surface area contributed by atoms with Crippen LogP contribution in [-0.4, -0.2) is 33.5 Å². The number of aliphatic hydroxyl groups excluding tert-OH is 2. The van der Waals surface area contributed by atoms with Gasteiger partial charge in [-0.1, -0.05) is 24.3 Å². The van der Waals surface area contributed by atoms with E-state index in [-0.39, 0.29) is 24.4 Å². The molecule has 1 aliphatic rings. The summed E-state index contributed by atoms with van der Waals surface area (Å²) in [6, 6.07) is 2.08. The summed E-state index contributed by atoms with van der Waals surface area (Å²) in [5.41, 5.74) is 0. The molecule has 0 radical (unpaired) electrons. The lowest BCUT2D eigenvalue weighted by Crippen LogP contribution is -2.17. The molecule has 1 aliphatic carbocycles. The lowest BCUT2D eigenvalue weighted by atomic mass is 9.90. The monoisotopic (exact) mass is 534 g/mol. The number of aliphatic carboxylic acids is 1. The van der Waals surface area contributed by atoms with E-state index >= 15 is 0 Å². The first-order valence-electron chi connectivity index (χ1n) is 9.71. The average molecular weight is 536 g/mol. The fourth-order valence-electron chi connectivity index (χ4n) is 3.56. The lowest BCUT2D eigenvalue weighted by molar-refractivity contribution is -0.137. The van der Waals surface area contributed by atoms with Crippen molar-refractivity contribution in [1.29, 1.82) is 0 Å². The van der Waals surface area contributed by atoms with E-state index in [2.05, 4.69) is 50.1 Å². The van der Waals surface area contributed by atoms with Crippen LogP contribution < -0.4 is 0 Å². The summed E-state index contributed by atoms with van der Waals surface area (Å²) < 4.78 is 2.13. The molecular weight excluding hydrogens is 508 g/mol. The molecule has 1 saturated carbocycles. The zero-order valence-electron chi connectivity index (χ0n) is 15.8. The molecule has 4 nitrogen and oxygen atoms in total. The number of aliphatic hydroxyl groups is 2. The minimum Gasteiger partial charge on any atom is -0.481 e. The summed E-state index contributed by atoms with van der Waals surface area (Å²) in [7, 11) is 0. The van der Waals surface area contributed by atoms with E-state index in [0.29, 0.717) is 12.8 Å². The van der Waals surface area contributed by atoms with Gasteiger partial charge in [0.25, 0.3) is 0 Å². The minimum absolute atomic E-state index is 0.170. The molecule has 1 aromatic rings. The van der Waals surface area contributed by atoms with Crippen molar-refractivity contribution in [2.45, 2.75) is 63.6 Å². The quantitative estimate of drug-likeness (QED) is 0.250. The molecule has 4 atom stereocenters. The number of unbranched alkanes of at least 4 members (excludes halogenated alkanes) is 1. The smallest absolute Gasteiger partial charge is 0.303 e. The van der Waals surface area contributed by atoms with Crippen molar-refractivity contribution in [1.82, 2.24) is 0 Å². The van der Waals surface area contributed by atoms with Gasteiger partial charge in [-0.3, -0.25) is 4.79 Å². The van der Waals surface area contributed by atoms with Crippen molar-refractivity contribution in [3.8, 4) is 0 Å². The Hall–Kier alpha value is -0.470. The van der Waals surface area contributed by atoms with Gasteiger partial charge in [0.05, 0.1) is 16.0 Å². The molecule has 0 spiro atoms. The Balaban J connectivity index is 1.76. The van der Waals surface area contributed by atoms with Crippen LogP contribution in [0.2, 0.25) is 0 Å². The number of hydrogen-bond donors (Lipinski definition) is 3. The molecule has 0 saturated heterocycles. The van der Waals surface area contributed by atoms with E-state index in [1.807, 2.05) is 12.2 Å². The van der Waals surface area contributed by atoms with Crippen molar-refractivity contribution in [2.24, 2.45) is 11.8 Å². The molecule has 0 amide bonds. The topological polar surface area (TPSA) is 77.8 Å². The van der Waals surface area contributed by atoms with Crippen molar-refractivity contribution >= 4 is 49.2 Å². The van der Waals surface area contributed by atoms with Gasteiger partial charge in [0.15, 0.2) is 0 Å². The van der Waals surface area contributed by atoms with Gasteiger partial charge in [0.2, 0.25) is 0 Å². The van der Waals surface area contributed by atoms with Gasteiger partial charge in [-0.25, -0.2) is 0 Å². The van der Waals surface area contributed by atoms with E-state index < -0.39 is 12.1 Å². The van der Waals surface area contributed by atoms with Crippen molar-refractivity contribution < 1.29 is 20.1 Å². The van der Waals surface area contributed by atoms with Gasteiger partial charge in [-0.05, 0) is 94.7 Å². The maximum atomic E-state index is 10.5. The molecular formula is C21H28Br2O4S. The Kier molecular flexibility index (Phi) is 10.4. The fourth-order valence-corrected chi connectivity index (χ4v) is 5.75. The van der Waals surface area contributed by atoms with Crippen LogP contribution in [0.4, 0.5) is 0 Å². The predicted octanol–water partition coefficient (Wildman–Crippen LogP) is 5.71. The van der Waals surface area contributed by atoms with Crippen LogP contribution >= 0.6 is 43.2 Å². The number of allylic oxidation sites excluding steroid dienone is 3. The number of rotatable bonds is 11. The zero-order valence-corrected chi connectivity index (χ0v) is 19.8. The third kappa shape index (κ3) is 8.11. The van der Waals surface area contributed by atoms with E-state index in [1.165, 1.54) is 4.88 Å². The molecule has 2 rings (SSSR count). The number of aryl methyl sites for hydroxylation is 1. The van der Waals surface area contributed by atoms with Crippen molar-refractivity contribution in [2.75, 3.05) is 0 Å². The van der Waals surface area contributed by atoms with Gasteiger partial charge in [0.1, 0.15) is 0 Å². The average Bonchev–Trinajstić information content (AvgIpc) is 3.16. The predicted molar refractivity (Wildman–Crippen MR) is 121 cm³/mol. The number of thiophene rings is 1. The van der Waals surface area contributed by atoms with Crippen LogP contribution in [0.1, 0.15) is 49.8 Å². The molecule has 0 aromatic carbocycles. The highest BCUT2D eigenvalue weighted by molar-refractivity contribution is 9.13. The highest BCUT2D eigenvalue weighted by Crippen LogP contribution is 2.36. The van der Waals surface area contributed by atoms with E-state index in [9.17, 15) is 15.0 Å². The van der Waals surface area contributed by atoms with Gasteiger partial charge in [-0.2, -0.15) is 0 Å². The van der Waals surface area contributed by atoms with E-state index in [4.69, 9.17) is 5.11 Å². The Bertz CT molecular complexity index is 666. The van der Waals surface area contributed by atoms with Crippen LogP contribution in [0.3, 0.4) is 0 Å². The third-order valence-electron chi connectivity index (χ3n) is 5.14. The molecule has 156 valence electrons. The minimum atomic E-state index is -0.761. The molecule has 0 bridgehead atoms. The first-order valence-corrected chi connectivity index (χ1v) is 12.1. The van der Waals surface area contributed by atoms with Crippen molar-refractivity contribution in [3.63, 3.8) is 0 Å². The highest BCUT2D eigenvalue weighted by Gasteiger charge is 2.32. The Morgan fingerprint density at radius 1 is 1.32 bits per heavy atom. The van der Waals surface area contributed by atoms with Gasteiger partial charge in [0, 0.05) is 15.8 Å². The highest BCUT2D eigenvalue weighted by atomic mass is 79.9. The second-order valence-electron chi connectivity index (χ2n) is 7.29. The number of hydrogen-bond acceptors (Lipinski definition) is 4. The van der Waals surface area contributed by atoms with Crippen LogP contribution in [-0.2, 0) is 11.2 Å². The van der Waals surface area contributed by atoms with Gasteiger partial charge < -0.3 is 15.3 Å². The molecule has 1 heterocycles. The SMILES string of the molecule is O=C(O)CCCC=CC[C@H]1C(O)CC[C@@H]1C=C[C@@H](O)CCc1cc(Br)c(Br)s1.